The molecular weight excluding hydrogens is 167 g/mol. The molecule has 0 aliphatic carbocycles. The van der Waals surface area contributed by atoms with Gasteiger partial charge in [-0.1, -0.05) is 11.6 Å². The Morgan fingerprint density at radius 3 is 3.18 bits per heavy atom. The largest absolute Gasteiger partial charge is 0.290 e. The van der Waals surface area contributed by atoms with Gasteiger partial charge in [-0.15, -0.1) is 0 Å². The molecule has 2 heterocycles. The number of nitrogens with zero attached hydrogens (tertiary/aromatic N) is 2. The summed E-state index contributed by atoms with van der Waals surface area (Å²) in [5.41, 5.74) is 0.523. The maximum Gasteiger partial charge on any atom is 0.140 e. The molecule has 0 bridgehead atoms. The van der Waals surface area contributed by atoms with Gasteiger partial charge in [0, 0.05) is 12.3 Å². The van der Waals surface area contributed by atoms with Gasteiger partial charge in [0.15, 0.2) is 0 Å². The van der Waals surface area contributed by atoms with Crippen LogP contribution in [0.15, 0.2) is 24.5 Å². The fraction of sp³-hybridized carbons (Fsp3) is 0. The highest BCUT2D eigenvalue weighted by Crippen LogP contribution is 2.12. The summed E-state index contributed by atoms with van der Waals surface area (Å²) in [4.78, 5) is 3.87. The fourth-order valence-corrected chi connectivity index (χ4v) is 1.12. The molecule has 56 valence electrons. The van der Waals surface area contributed by atoms with Crippen molar-refractivity contribution in [2.75, 3.05) is 0 Å². The van der Waals surface area contributed by atoms with Gasteiger partial charge in [-0.2, -0.15) is 0 Å². The average molecular weight is 171 g/mol. The minimum Gasteiger partial charge on any atom is -0.290 e. The summed E-state index contributed by atoms with van der Waals surface area (Å²) in [5, 5.41) is 0.486. The smallest absolute Gasteiger partial charge is 0.140 e. The van der Waals surface area contributed by atoms with Crippen LogP contribution >= 0.6 is 11.6 Å². The van der Waals surface area contributed by atoms with E-state index in [9.17, 15) is 4.39 Å². The van der Waals surface area contributed by atoms with E-state index in [-0.39, 0.29) is 5.82 Å². The number of aromatic nitrogens is 2. The lowest BCUT2D eigenvalue weighted by Gasteiger charge is -1.92. The molecule has 0 amide bonds. The Bertz CT molecular complexity index is 396. The van der Waals surface area contributed by atoms with Gasteiger partial charge in [0.1, 0.15) is 16.6 Å². The number of imidazole rings is 1. The van der Waals surface area contributed by atoms with Gasteiger partial charge in [0.25, 0.3) is 0 Å². The number of hydrogen-bond acceptors (Lipinski definition) is 1. The highest BCUT2D eigenvalue weighted by molar-refractivity contribution is 6.29. The fourth-order valence-electron chi connectivity index (χ4n) is 0.925. The van der Waals surface area contributed by atoms with E-state index in [0.717, 1.165) is 0 Å². The third-order valence-corrected chi connectivity index (χ3v) is 1.71. The zero-order valence-corrected chi connectivity index (χ0v) is 6.22. The molecule has 0 N–H and O–H groups in total. The zero-order valence-electron chi connectivity index (χ0n) is 5.46. The van der Waals surface area contributed by atoms with Crippen LogP contribution in [0.25, 0.3) is 5.65 Å². The van der Waals surface area contributed by atoms with Gasteiger partial charge in [0.2, 0.25) is 0 Å². The first-order valence-electron chi connectivity index (χ1n) is 3.05. The first-order chi connectivity index (χ1) is 5.27. The SMILES string of the molecule is Fc1ccn2c(Cl)cnc2c1. The number of halogens is 2. The van der Waals surface area contributed by atoms with E-state index < -0.39 is 0 Å². The second-order valence-corrected chi connectivity index (χ2v) is 2.54. The summed E-state index contributed by atoms with van der Waals surface area (Å²) in [6.45, 7) is 0. The van der Waals surface area contributed by atoms with Crippen molar-refractivity contribution in [2.24, 2.45) is 0 Å². The van der Waals surface area contributed by atoms with Crippen LogP contribution in [0.3, 0.4) is 0 Å². The van der Waals surface area contributed by atoms with Gasteiger partial charge < -0.3 is 0 Å². The molecular formula is C7H4ClFN2. The van der Waals surface area contributed by atoms with E-state index >= 15 is 0 Å². The van der Waals surface area contributed by atoms with Crippen LogP contribution in [0.4, 0.5) is 4.39 Å². The molecule has 2 nitrogen and oxygen atoms in total. The summed E-state index contributed by atoms with van der Waals surface area (Å²) >= 11 is 5.70. The van der Waals surface area contributed by atoms with Crippen LogP contribution in [0.5, 0.6) is 0 Å². The highest BCUT2D eigenvalue weighted by Gasteiger charge is 1.99. The Labute approximate surface area is 67.2 Å². The van der Waals surface area contributed by atoms with E-state index in [0.29, 0.717) is 10.8 Å². The van der Waals surface area contributed by atoms with Gasteiger partial charge in [-0.3, -0.25) is 4.40 Å². The zero-order chi connectivity index (χ0) is 7.84. The second kappa shape index (κ2) is 2.20. The number of rotatable bonds is 0. The molecule has 0 unspecified atom stereocenters. The van der Waals surface area contributed by atoms with Crippen LogP contribution in [0.1, 0.15) is 0 Å². The third kappa shape index (κ3) is 0.973. The highest BCUT2D eigenvalue weighted by atomic mass is 35.5. The van der Waals surface area contributed by atoms with Gasteiger partial charge >= 0.3 is 0 Å². The van der Waals surface area contributed by atoms with Crippen molar-refractivity contribution >= 4 is 17.2 Å². The second-order valence-electron chi connectivity index (χ2n) is 2.15. The molecule has 11 heavy (non-hydrogen) atoms. The van der Waals surface area contributed by atoms with Gasteiger partial charge in [-0.05, 0) is 6.07 Å². The minimum atomic E-state index is -0.306. The molecule has 2 rings (SSSR count). The summed E-state index contributed by atoms with van der Waals surface area (Å²) in [6.07, 6.45) is 3.02. The quantitative estimate of drug-likeness (QED) is 0.592. The first kappa shape index (κ1) is 6.61. The molecule has 0 spiro atoms. The molecule has 0 aliphatic heterocycles. The molecule has 2 aromatic rings. The van der Waals surface area contributed by atoms with Gasteiger partial charge in [0.05, 0.1) is 6.20 Å². The lowest BCUT2D eigenvalue weighted by molar-refractivity contribution is 0.626. The predicted molar refractivity (Wildman–Crippen MR) is 40.2 cm³/mol. The van der Waals surface area contributed by atoms with E-state index in [1.807, 2.05) is 0 Å². The Hall–Kier alpha value is -1.09. The van der Waals surface area contributed by atoms with E-state index in [1.165, 1.54) is 18.3 Å². The number of hydrogen-bond donors (Lipinski definition) is 0. The van der Waals surface area contributed by atoms with Crippen LogP contribution in [-0.2, 0) is 0 Å². The van der Waals surface area contributed by atoms with Crippen molar-refractivity contribution in [3.63, 3.8) is 0 Å². The van der Waals surface area contributed by atoms with Crippen molar-refractivity contribution in [3.05, 3.63) is 35.5 Å². The molecule has 0 radical (unpaired) electrons. The first-order valence-corrected chi connectivity index (χ1v) is 3.43. The Balaban J connectivity index is 2.86. The van der Waals surface area contributed by atoms with Crippen molar-refractivity contribution in [2.45, 2.75) is 0 Å². The maximum atomic E-state index is 12.5. The Morgan fingerprint density at radius 2 is 2.36 bits per heavy atom. The van der Waals surface area contributed by atoms with E-state index in [4.69, 9.17) is 11.6 Å². The molecule has 0 fully saturated rings. The standard InChI is InChI=1S/C7H4ClFN2/c8-6-4-10-7-3-5(9)1-2-11(6)7/h1-4H. The molecule has 0 saturated carbocycles. The Kier molecular flexibility index (Phi) is 1.32. The monoisotopic (exact) mass is 170 g/mol. The third-order valence-electron chi connectivity index (χ3n) is 1.43. The molecule has 0 aromatic carbocycles. The van der Waals surface area contributed by atoms with E-state index in [1.54, 1.807) is 10.6 Å². The van der Waals surface area contributed by atoms with Crippen LogP contribution in [0.2, 0.25) is 5.15 Å². The normalized spacial score (nSPS) is 10.7. The van der Waals surface area contributed by atoms with Crippen LogP contribution in [-0.4, -0.2) is 9.38 Å². The van der Waals surface area contributed by atoms with Gasteiger partial charge in [-0.25, -0.2) is 9.37 Å². The Morgan fingerprint density at radius 1 is 1.55 bits per heavy atom. The summed E-state index contributed by atoms with van der Waals surface area (Å²) in [5.74, 6) is -0.306. The van der Waals surface area contributed by atoms with Crippen molar-refractivity contribution in [3.8, 4) is 0 Å². The molecule has 0 saturated heterocycles. The topological polar surface area (TPSA) is 17.3 Å². The van der Waals surface area contributed by atoms with Crippen LogP contribution in [0, 0.1) is 5.82 Å². The van der Waals surface area contributed by atoms with Crippen LogP contribution < -0.4 is 0 Å². The predicted octanol–water partition coefficient (Wildman–Crippen LogP) is 2.13. The van der Waals surface area contributed by atoms with Crippen molar-refractivity contribution in [1.82, 2.24) is 9.38 Å². The number of pyridine rings is 1. The molecule has 2 aromatic heterocycles. The summed E-state index contributed by atoms with van der Waals surface area (Å²) in [7, 11) is 0. The molecule has 4 heteroatoms. The van der Waals surface area contributed by atoms with Crippen molar-refractivity contribution in [1.29, 1.82) is 0 Å². The molecule has 0 aliphatic rings. The molecule has 0 atom stereocenters. The summed E-state index contributed by atoms with van der Waals surface area (Å²) < 4.78 is 14.2. The maximum absolute atomic E-state index is 12.5. The van der Waals surface area contributed by atoms with E-state index in [2.05, 4.69) is 4.98 Å². The lowest BCUT2D eigenvalue weighted by atomic mass is 10.4. The average Bonchev–Trinajstić information content (AvgIpc) is 2.32. The number of fused-ring (bicyclic) bond motifs is 1. The van der Waals surface area contributed by atoms with Crippen molar-refractivity contribution < 1.29 is 4.39 Å². The minimum absolute atomic E-state index is 0.306. The summed E-state index contributed by atoms with van der Waals surface area (Å²) in [6, 6.07) is 2.66. The lowest BCUT2D eigenvalue weighted by Crippen LogP contribution is -1.84.